The highest BCUT2D eigenvalue weighted by atomic mass is 19.2. The van der Waals surface area contributed by atoms with Gasteiger partial charge in [-0.1, -0.05) is 18.2 Å². The molecule has 5 nitrogen and oxygen atoms in total. The highest BCUT2D eigenvalue weighted by Crippen LogP contribution is 2.26. The van der Waals surface area contributed by atoms with E-state index < -0.39 is 23.5 Å². The number of nitrogens with one attached hydrogen (secondary N) is 1. The van der Waals surface area contributed by atoms with Crippen LogP contribution in [0.1, 0.15) is 20.7 Å². The summed E-state index contributed by atoms with van der Waals surface area (Å²) in [5.41, 5.74) is 0.367. The van der Waals surface area contributed by atoms with E-state index in [4.69, 9.17) is 9.84 Å². The van der Waals surface area contributed by atoms with Crippen LogP contribution in [0, 0.1) is 11.6 Å². The van der Waals surface area contributed by atoms with Crippen LogP contribution in [-0.2, 0) is 0 Å². The summed E-state index contributed by atoms with van der Waals surface area (Å²) in [4.78, 5) is 23.5. The number of carboxylic acid groups (broad SMARTS) is 1. The third-order valence-corrected chi connectivity index (χ3v) is 3.67. The molecule has 0 saturated heterocycles. The van der Waals surface area contributed by atoms with Crippen molar-refractivity contribution in [2.24, 2.45) is 0 Å². The quantitative estimate of drug-likeness (QED) is 0.683. The van der Waals surface area contributed by atoms with E-state index in [1.165, 1.54) is 48.5 Å². The Morgan fingerprint density at radius 1 is 0.889 bits per heavy atom. The molecule has 0 bridgehead atoms. The third-order valence-electron chi connectivity index (χ3n) is 3.67. The molecule has 0 aliphatic heterocycles. The van der Waals surface area contributed by atoms with E-state index in [-0.39, 0.29) is 28.3 Å². The van der Waals surface area contributed by atoms with Crippen LogP contribution in [0.25, 0.3) is 0 Å². The van der Waals surface area contributed by atoms with Crippen molar-refractivity contribution in [2.45, 2.75) is 0 Å². The van der Waals surface area contributed by atoms with Gasteiger partial charge in [-0.15, -0.1) is 0 Å². The first-order valence-electron chi connectivity index (χ1n) is 7.81. The molecular formula is C20H13F2NO4. The van der Waals surface area contributed by atoms with Gasteiger partial charge in [0.2, 0.25) is 5.82 Å². The molecule has 0 spiro atoms. The standard InChI is InChI=1S/C20H13F2NO4/c21-15-5-3-7-17(18(15)22)27-13-10-8-12(9-11-13)19(24)23-16-6-2-1-4-14(16)20(25)26/h1-11H,(H,23,24)(H,25,26). The second kappa shape index (κ2) is 7.65. The molecular weight excluding hydrogens is 356 g/mol. The molecule has 0 fully saturated rings. The summed E-state index contributed by atoms with van der Waals surface area (Å²) in [6.07, 6.45) is 0. The Morgan fingerprint density at radius 2 is 1.59 bits per heavy atom. The number of carboxylic acids is 1. The average molecular weight is 369 g/mol. The van der Waals surface area contributed by atoms with Crippen LogP contribution in [-0.4, -0.2) is 17.0 Å². The Labute approximate surface area is 152 Å². The summed E-state index contributed by atoms with van der Waals surface area (Å²) in [7, 11) is 0. The summed E-state index contributed by atoms with van der Waals surface area (Å²) in [5.74, 6) is -3.88. The molecule has 1 amide bonds. The summed E-state index contributed by atoms with van der Waals surface area (Å²) in [5, 5.41) is 11.7. The predicted octanol–water partition coefficient (Wildman–Crippen LogP) is 4.71. The Morgan fingerprint density at radius 3 is 2.30 bits per heavy atom. The summed E-state index contributed by atoms with van der Waals surface area (Å²) < 4.78 is 32.1. The predicted molar refractivity (Wildman–Crippen MR) is 94.2 cm³/mol. The number of amides is 1. The zero-order valence-corrected chi connectivity index (χ0v) is 13.8. The smallest absolute Gasteiger partial charge is 0.337 e. The molecule has 0 unspecified atom stereocenters. The molecule has 0 aliphatic rings. The van der Waals surface area contributed by atoms with Crippen LogP contribution in [0.2, 0.25) is 0 Å². The SMILES string of the molecule is O=C(Nc1ccccc1C(=O)O)c1ccc(Oc2cccc(F)c2F)cc1. The van der Waals surface area contributed by atoms with Crippen LogP contribution >= 0.6 is 0 Å². The van der Waals surface area contributed by atoms with Crippen LogP contribution in [0.3, 0.4) is 0 Å². The van der Waals surface area contributed by atoms with Crippen molar-refractivity contribution >= 4 is 17.6 Å². The van der Waals surface area contributed by atoms with Crippen molar-refractivity contribution in [1.29, 1.82) is 0 Å². The lowest BCUT2D eigenvalue weighted by molar-refractivity contribution is 0.0698. The van der Waals surface area contributed by atoms with Crippen molar-refractivity contribution < 1.29 is 28.2 Å². The number of halogens is 2. The number of carbonyl (C=O) groups is 2. The Balaban J connectivity index is 1.75. The van der Waals surface area contributed by atoms with Crippen molar-refractivity contribution in [3.05, 3.63) is 89.5 Å². The largest absolute Gasteiger partial charge is 0.478 e. The maximum atomic E-state index is 13.6. The fraction of sp³-hybridized carbons (Fsp3) is 0. The molecule has 0 atom stereocenters. The van der Waals surface area contributed by atoms with Crippen LogP contribution < -0.4 is 10.1 Å². The van der Waals surface area contributed by atoms with E-state index in [1.54, 1.807) is 12.1 Å². The summed E-state index contributed by atoms with van der Waals surface area (Å²) in [6.45, 7) is 0. The zero-order valence-electron chi connectivity index (χ0n) is 13.8. The average Bonchev–Trinajstić information content (AvgIpc) is 2.66. The number of rotatable bonds is 5. The van der Waals surface area contributed by atoms with Crippen LogP contribution in [0.4, 0.5) is 14.5 Å². The molecule has 7 heteroatoms. The highest BCUT2D eigenvalue weighted by molar-refractivity contribution is 6.07. The minimum atomic E-state index is -1.16. The van der Waals surface area contributed by atoms with Gasteiger partial charge in [-0.25, -0.2) is 9.18 Å². The second-order valence-corrected chi connectivity index (χ2v) is 5.48. The number of para-hydroxylation sites is 1. The first-order valence-corrected chi connectivity index (χ1v) is 7.81. The van der Waals surface area contributed by atoms with E-state index in [0.717, 1.165) is 6.07 Å². The molecule has 0 heterocycles. The van der Waals surface area contributed by atoms with E-state index in [9.17, 15) is 18.4 Å². The lowest BCUT2D eigenvalue weighted by Crippen LogP contribution is -2.14. The maximum absolute atomic E-state index is 13.6. The van der Waals surface area contributed by atoms with Crippen molar-refractivity contribution in [3.8, 4) is 11.5 Å². The monoisotopic (exact) mass is 369 g/mol. The lowest BCUT2D eigenvalue weighted by atomic mass is 10.1. The van der Waals surface area contributed by atoms with E-state index in [0.29, 0.717) is 0 Å². The molecule has 3 rings (SSSR count). The number of carbonyl (C=O) groups excluding carboxylic acids is 1. The first-order chi connectivity index (χ1) is 13.0. The normalized spacial score (nSPS) is 10.3. The van der Waals surface area contributed by atoms with Gasteiger partial charge in [0, 0.05) is 5.56 Å². The van der Waals surface area contributed by atoms with Crippen LogP contribution in [0.5, 0.6) is 11.5 Å². The zero-order chi connectivity index (χ0) is 19.4. The molecule has 0 aliphatic carbocycles. The fourth-order valence-electron chi connectivity index (χ4n) is 2.34. The number of aromatic carboxylic acids is 1. The fourth-order valence-corrected chi connectivity index (χ4v) is 2.34. The Kier molecular flexibility index (Phi) is 5.12. The first kappa shape index (κ1) is 18.1. The molecule has 2 N–H and O–H groups in total. The van der Waals surface area contributed by atoms with Gasteiger partial charge in [0.1, 0.15) is 5.75 Å². The van der Waals surface area contributed by atoms with Gasteiger partial charge < -0.3 is 15.2 Å². The van der Waals surface area contributed by atoms with Gasteiger partial charge in [-0.2, -0.15) is 4.39 Å². The van der Waals surface area contributed by atoms with Gasteiger partial charge in [-0.3, -0.25) is 4.79 Å². The summed E-state index contributed by atoms with van der Waals surface area (Å²) in [6, 6.07) is 15.3. The second-order valence-electron chi connectivity index (χ2n) is 5.48. The molecule has 3 aromatic rings. The minimum absolute atomic E-state index is 0.0348. The van der Waals surface area contributed by atoms with E-state index in [1.807, 2.05) is 0 Å². The van der Waals surface area contributed by atoms with Gasteiger partial charge in [0.25, 0.3) is 5.91 Å². The van der Waals surface area contributed by atoms with Gasteiger partial charge in [0.15, 0.2) is 11.6 Å². The van der Waals surface area contributed by atoms with Crippen molar-refractivity contribution in [3.63, 3.8) is 0 Å². The number of ether oxygens (including phenoxy) is 1. The highest BCUT2D eigenvalue weighted by Gasteiger charge is 2.14. The lowest BCUT2D eigenvalue weighted by Gasteiger charge is -2.10. The Bertz CT molecular complexity index is 1000. The van der Waals surface area contributed by atoms with Gasteiger partial charge in [-0.05, 0) is 48.5 Å². The molecule has 0 radical (unpaired) electrons. The topological polar surface area (TPSA) is 75.6 Å². The molecule has 3 aromatic carbocycles. The third kappa shape index (κ3) is 4.09. The number of hydrogen-bond acceptors (Lipinski definition) is 3. The summed E-state index contributed by atoms with van der Waals surface area (Å²) >= 11 is 0. The maximum Gasteiger partial charge on any atom is 0.337 e. The van der Waals surface area contributed by atoms with Crippen molar-refractivity contribution in [2.75, 3.05) is 5.32 Å². The number of benzene rings is 3. The van der Waals surface area contributed by atoms with Gasteiger partial charge in [0.05, 0.1) is 11.3 Å². The molecule has 0 aromatic heterocycles. The van der Waals surface area contributed by atoms with E-state index >= 15 is 0 Å². The molecule has 0 saturated carbocycles. The minimum Gasteiger partial charge on any atom is -0.478 e. The van der Waals surface area contributed by atoms with E-state index in [2.05, 4.69) is 5.32 Å². The molecule has 27 heavy (non-hydrogen) atoms. The Hall–Kier alpha value is -3.74. The van der Waals surface area contributed by atoms with Gasteiger partial charge >= 0.3 is 5.97 Å². The number of anilines is 1. The van der Waals surface area contributed by atoms with Crippen molar-refractivity contribution in [1.82, 2.24) is 0 Å². The number of hydrogen-bond donors (Lipinski definition) is 2. The molecule has 136 valence electrons. The van der Waals surface area contributed by atoms with Crippen LogP contribution in [0.15, 0.2) is 66.7 Å².